The van der Waals surface area contributed by atoms with Gasteiger partial charge in [-0.15, -0.1) is 0 Å². The lowest BCUT2D eigenvalue weighted by Gasteiger charge is -2.19. The molecule has 6 heteroatoms. The van der Waals surface area contributed by atoms with Crippen molar-refractivity contribution in [3.8, 4) is 0 Å². The van der Waals surface area contributed by atoms with Gasteiger partial charge in [-0.2, -0.15) is 0 Å². The number of aromatic nitrogens is 2. The van der Waals surface area contributed by atoms with Gasteiger partial charge in [0.05, 0.1) is 0 Å². The summed E-state index contributed by atoms with van der Waals surface area (Å²) < 4.78 is 6.90. The minimum absolute atomic E-state index is 0.125. The molecule has 0 N–H and O–H groups in total. The van der Waals surface area contributed by atoms with Crippen LogP contribution < -0.4 is 0 Å². The summed E-state index contributed by atoms with van der Waals surface area (Å²) >= 11 is 0. The molecule has 0 saturated carbocycles. The number of esters is 1. The first kappa shape index (κ1) is 15.5. The molecule has 0 unspecified atom stereocenters. The maximum Gasteiger partial charge on any atom is 0.359 e. The fraction of sp³-hybridized carbons (Fsp3) is 0.471. The van der Waals surface area contributed by atoms with Crippen molar-refractivity contribution in [1.82, 2.24) is 14.3 Å². The number of carbonyl (C=O) groups excluding carboxylic acids is 2. The largest absolute Gasteiger partial charge is 0.451 e. The van der Waals surface area contributed by atoms with Crippen LogP contribution in [-0.2, 0) is 9.53 Å². The van der Waals surface area contributed by atoms with Gasteiger partial charge < -0.3 is 14.0 Å². The van der Waals surface area contributed by atoms with E-state index >= 15 is 0 Å². The number of hydrogen-bond donors (Lipinski definition) is 0. The molecule has 122 valence electrons. The predicted octanol–water partition coefficient (Wildman–Crippen LogP) is 2.20. The quantitative estimate of drug-likeness (QED) is 0.815. The topological polar surface area (TPSA) is 63.9 Å². The van der Waals surface area contributed by atoms with E-state index in [1.807, 2.05) is 25.3 Å². The average Bonchev–Trinajstić information content (AvgIpc) is 2.77. The summed E-state index contributed by atoms with van der Waals surface area (Å²) in [5, 5.41) is 0. The Morgan fingerprint density at radius 3 is 2.70 bits per heavy atom. The van der Waals surface area contributed by atoms with Gasteiger partial charge in [-0.05, 0) is 37.5 Å². The Kier molecular flexibility index (Phi) is 4.60. The van der Waals surface area contributed by atoms with E-state index in [1.165, 1.54) is 0 Å². The molecular formula is C17H21N3O3. The highest BCUT2D eigenvalue weighted by atomic mass is 16.5. The van der Waals surface area contributed by atoms with E-state index in [4.69, 9.17) is 4.74 Å². The summed E-state index contributed by atoms with van der Waals surface area (Å²) in [6.45, 7) is 3.26. The SMILES string of the molecule is Cc1ccn2cc(C(=O)OCC(=O)N3CCCCCC3)nc2c1. The third-order valence-electron chi connectivity index (χ3n) is 4.11. The second-order valence-electron chi connectivity index (χ2n) is 5.97. The Morgan fingerprint density at radius 2 is 1.96 bits per heavy atom. The molecular weight excluding hydrogens is 294 g/mol. The highest BCUT2D eigenvalue weighted by molar-refractivity contribution is 5.90. The van der Waals surface area contributed by atoms with Gasteiger partial charge in [0, 0.05) is 25.5 Å². The summed E-state index contributed by atoms with van der Waals surface area (Å²) in [5.41, 5.74) is 1.98. The third-order valence-corrected chi connectivity index (χ3v) is 4.11. The van der Waals surface area contributed by atoms with Crippen LogP contribution in [0.4, 0.5) is 0 Å². The Bertz CT molecular complexity index is 715. The number of pyridine rings is 1. The van der Waals surface area contributed by atoms with Crippen molar-refractivity contribution < 1.29 is 14.3 Å². The zero-order valence-corrected chi connectivity index (χ0v) is 13.3. The normalized spacial score (nSPS) is 15.4. The lowest BCUT2D eigenvalue weighted by molar-refractivity contribution is -0.134. The Labute approximate surface area is 135 Å². The van der Waals surface area contributed by atoms with E-state index in [2.05, 4.69) is 4.98 Å². The smallest absolute Gasteiger partial charge is 0.359 e. The molecule has 0 aromatic carbocycles. The summed E-state index contributed by atoms with van der Waals surface area (Å²) in [6, 6.07) is 3.83. The molecule has 1 fully saturated rings. The highest BCUT2D eigenvalue weighted by Crippen LogP contribution is 2.11. The monoisotopic (exact) mass is 315 g/mol. The van der Waals surface area contributed by atoms with E-state index in [0.29, 0.717) is 5.65 Å². The average molecular weight is 315 g/mol. The van der Waals surface area contributed by atoms with Gasteiger partial charge in [0.25, 0.3) is 5.91 Å². The first-order valence-corrected chi connectivity index (χ1v) is 8.04. The molecule has 3 heterocycles. The maximum absolute atomic E-state index is 12.1. The third kappa shape index (κ3) is 3.70. The Hall–Kier alpha value is -2.37. The predicted molar refractivity (Wildman–Crippen MR) is 85.3 cm³/mol. The molecule has 1 aliphatic heterocycles. The molecule has 0 atom stereocenters. The lowest BCUT2D eigenvalue weighted by atomic mass is 10.2. The fourth-order valence-corrected chi connectivity index (χ4v) is 2.79. The van der Waals surface area contributed by atoms with Gasteiger partial charge in [-0.3, -0.25) is 4.79 Å². The Balaban J connectivity index is 1.60. The first-order chi connectivity index (χ1) is 11.1. The van der Waals surface area contributed by atoms with Crippen LogP contribution in [0, 0.1) is 6.92 Å². The van der Waals surface area contributed by atoms with Crippen LogP contribution in [0.3, 0.4) is 0 Å². The van der Waals surface area contributed by atoms with Crippen LogP contribution in [0.1, 0.15) is 41.7 Å². The van der Waals surface area contributed by atoms with Crippen LogP contribution >= 0.6 is 0 Å². The maximum atomic E-state index is 12.1. The fourth-order valence-electron chi connectivity index (χ4n) is 2.79. The molecule has 0 spiro atoms. The number of carbonyl (C=O) groups is 2. The molecule has 6 nitrogen and oxygen atoms in total. The van der Waals surface area contributed by atoms with Crippen molar-refractivity contribution in [2.45, 2.75) is 32.6 Å². The van der Waals surface area contributed by atoms with Gasteiger partial charge >= 0.3 is 5.97 Å². The van der Waals surface area contributed by atoms with Gasteiger partial charge in [0.1, 0.15) is 5.65 Å². The van der Waals surface area contributed by atoms with E-state index < -0.39 is 5.97 Å². The number of nitrogens with zero attached hydrogens (tertiary/aromatic N) is 3. The van der Waals surface area contributed by atoms with Crippen LogP contribution in [0.5, 0.6) is 0 Å². The van der Waals surface area contributed by atoms with Crippen LogP contribution in [0.2, 0.25) is 0 Å². The van der Waals surface area contributed by atoms with Crippen molar-refractivity contribution in [3.05, 3.63) is 35.8 Å². The van der Waals surface area contributed by atoms with E-state index in [9.17, 15) is 9.59 Å². The van der Waals surface area contributed by atoms with E-state index in [0.717, 1.165) is 44.3 Å². The van der Waals surface area contributed by atoms with Crippen molar-refractivity contribution in [1.29, 1.82) is 0 Å². The van der Waals surface area contributed by atoms with E-state index in [1.54, 1.807) is 15.5 Å². The molecule has 1 aliphatic rings. The molecule has 23 heavy (non-hydrogen) atoms. The number of ether oxygens (including phenoxy) is 1. The zero-order chi connectivity index (χ0) is 16.2. The highest BCUT2D eigenvalue weighted by Gasteiger charge is 2.19. The number of aryl methyl sites for hydroxylation is 1. The summed E-state index contributed by atoms with van der Waals surface area (Å²) in [5.74, 6) is -0.686. The standard InChI is InChI=1S/C17H21N3O3/c1-13-6-9-20-11-14(18-15(20)10-13)17(22)23-12-16(21)19-7-4-2-3-5-8-19/h6,9-11H,2-5,7-8,12H2,1H3. The molecule has 0 radical (unpaired) electrons. The van der Waals surface area contributed by atoms with Crippen LogP contribution in [0.25, 0.3) is 5.65 Å². The first-order valence-electron chi connectivity index (χ1n) is 8.04. The molecule has 1 amide bonds. The van der Waals surface area contributed by atoms with E-state index in [-0.39, 0.29) is 18.2 Å². The van der Waals surface area contributed by atoms with Crippen molar-refractivity contribution in [2.75, 3.05) is 19.7 Å². The molecule has 2 aromatic heterocycles. The van der Waals surface area contributed by atoms with Crippen molar-refractivity contribution in [3.63, 3.8) is 0 Å². The number of amides is 1. The number of imidazole rings is 1. The molecule has 2 aromatic rings. The summed E-state index contributed by atoms with van der Waals surface area (Å²) in [4.78, 5) is 30.2. The number of fused-ring (bicyclic) bond motifs is 1. The number of hydrogen-bond acceptors (Lipinski definition) is 4. The van der Waals surface area contributed by atoms with Crippen molar-refractivity contribution >= 4 is 17.5 Å². The summed E-state index contributed by atoms with van der Waals surface area (Å²) in [7, 11) is 0. The molecule has 0 aliphatic carbocycles. The van der Waals surface area contributed by atoms with Crippen LogP contribution in [0.15, 0.2) is 24.5 Å². The van der Waals surface area contributed by atoms with Crippen molar-refractivity contribution in [2.24, 2.45) is 0 Å². The number of rotatable bonds is 3. The molecule has 0 bridgehead atoms. The minimum atomic E-state index is -0.561. The van der Waals surface area contributed by atoms with Gasteiger partial charge in [-0.25, -0.2) is 9.78 Å². The number of likely N-dealkylation sites (tertiary alicyclic amines) is 1. The zero-order valence-electron chi connectivity index (χ0n) is 13.3. The minimum Gasteiger partial charge on any atom is -0.451 e. The second-order valence-corrected chi connectivity index (χ2v) is 5.97. The van der Waals surface area contributed by atoms with Gasteiger partial charge in [-0.1, -0.05) is 12.8 Å². The summed E-state index contributed by atoms with van der Waals surface area (Å²) in [6.07, 6.45) is 7.82. The van der Waals surface area contributed by atoms with Crippen LogP contribution in [-0.4, -0.2) is 45.9 Å². The molecule has 3 rings (SSSR count). The molecule has 1 saturated heterocycles. The van der Waals surface area contributed by atoms with Gasteiger partial charge in [0.15, 0.2) is 12.3 Å². The Morgan fingerprint density at radius 1 is 1.22 bits per heavy atom. The second kappa shape index (κ2) is 6.81. The van der Waals surface area contributed by atoms with Gasteiger partial charge in [0.2, 0.25) is 0 Å². The lowest BCUT2D eigenvalue weighted by Crippen LogP contribution is -2.35.